The van der Waals surface area contributed by atoms with Gasteiger partial charge in [-0.25, -0.2) is 0 Å². The van der Waals surface area contributed by atoms with Gasteiger partial charge in [0, 0.05) is 42.5 Å². The number of hydrogen-bond acceptors (Lipinski definition) is 12. The number of carbonyl (C=O) groups excluding carboxylic acids is 2. The highest BCUT2D eigenvalue weighted by molar-refractivity contribution is 6.71. The van der Waals surface area contributed by atoms with Gasteiger partial charge in [0.15, 0.2) is 26.3 Å². The summed E-state index contributed by atoms with van der Waals surface area (Å²) in [7, 11) is -1.33. The Morgan fingerprint density at radius 3 is 2.47 bits per heavy atom. The molecule has 0 aliphatic carbocycles. The van der Waals surface area contributed by atoms with Gasteiger partial charge in [0.25, 0.3) is 11.8 Å². The van der Waals surface area contributed by atoms with Crippen molar-refractivity contribution in [1.29, 1.82) is 0 Å². The molecule has 2 saturated heterocycles. The first kappa shape index (κ1) is 35.3. The van der Waals surface area contributed by atoms with E-state index in [0.29, 0.717) is 29.9 Å². The molecule has 0 radical (unpaired) electrons. The van der Waals surface area contributed by atoms with E-state index in [9.17, 15) is 39.9 Å². The first-order valence-electron chi connectivity index (χ1n) is 16.3. The molecule has 3 aliphatic rings. The second-order valence-corrected chi connectivity index (χ2v) is 17.7. The highest BCUT2D eigenvalue weighted by atomic mass is 28.4. The van der Waals surface area contributed by atoms with E-state index < -0.39 is 62.6 Å². The lowest BCUT2D eigenvalue weighted by atomic mass is 9.82. The van der Waals surface area contributed by atoms with Crippen LogP contribution < -0.4 is 10.2 Å². The van der Waals surface area contributed by atoms with Gasteiger partial charge in [-0.1, -0.05) is 42.5 Å². The van der Waals surface area contributed by atoms with E-state index in [-0.39, 0.29) is 29.7 Å². The number of nitrogens with one attached hydrogen (secondary N) is 1. The van der Waals surface area contributed by atoms with Crippen LogP contribution in [0.3, 0.4) is 0 Å². The Morgan fingerprint density at radius 2 is 1.80 bits per heavy atom. The lowest BCUT2D eigenvalue weighted by molar-refractivity contribution is -0.274. The maximum atomic E-state index is 14.1. The van der Waals surface area contributed by atoms with Crippen molar-refractivity contribution in [2.75, 3.05) is 23.9 Å². The normalized spacial score (nSPS) is 32.0. The predicted octanol–water partition coefficient (Wildman–Crippen LogP) is 0.00520. The van der Waals surface area contributed by atoms with Crippen LogP contribution in [0.2, 0.25) is 18.6 Å². The van der Waals surface area contributed by atoms with Crippen LogP contribution in [0.5, 0.6) is 0 Å². The molecular formula is C33H43N5O10Si. The summed E-state index contributed by atoms with van der Waals surface area (Å²) in [6.45, 7) is 5.76. The highest BCUT2D eigenvalue weighted by Gasteiger charge is 2.65. The molecule has 4 heterocycles. The number of ether oxygens (including phenoxy) is 2. The van der Waals surface area contributed by atoms with Gasteiger partial charge in [-0.15, -0.1) is 5.10 Å². The third-order valence-corrected chi connectivity index (χ3v) is 12.7. The second kappa shape index (κ2) is 13.3. The number of benzene rings is 2. The predicted molar refractivity (Wildman–Crippen MR) is 177 cm³/mol. The number of fused-ring (bicyclic) bond motifs is 2. The summed E-state index contributed by atoms with van der Waals surface area (Å²) in [4.78, 5) is 40.3. The van der Waals surface area contributed by atoms with Crippen LogP contribution in [0.4, 0.5) is 11.4 Å². The number of carbonyl (C=O) groups is 2. The molecule has 15 nitrogen and oxygen atoms in total. The van der Waals surface area contributed by atoms with E-state index in [1.165, 1.54) is 4.90 Å². The number of hydrogen-bond donors (Lipinski definition) is 7. The van der Waals surface area contributed by atoms with Gasteiger partial charge in [-0.3, -0.25) is 14.3 Å². The van der Waals surface area contributed by atoms with E-state index in [1.54, 1.807) is 36.1 Å². The van der Waals surface area contributed by atoms with Crippen LogP contribution in [0, 0.1) is 5.92 Å². The van der Waals surface area contributed by atoms with Crippen LogP contribution in [0.15, 0.2) is 54.7 Å². The van der Waals surface area contributed by atoms with E-state index in [2.05, 4.69) is 15.6 Å². The number of aliphatic hydroxyl groups is 5. The lowest BCUT2D eigenvalue weighted by Crippen LogP contribution is -2.60. The van der Waals surface area contributed by atoms with Crippen molar-refractivity contribution in [3.8, 4) is 0 Å². The van der Waals surface area contributed by atoms with Crippen molar-refractivity contribution in [2.45, 2.75) is 86.9 Å². The Hall–Kier alpha value is -3.58. The van der Waals surface area contributed by atoms with Crippen LogP contribution >= 0.6 is 0 Å². The number of aliphatic hydroxyl groups excluding tert-OH is 5. The van der Waals surface area contributed by atoms with Crippen molar-refractivity contribution in [3.05, 3.63) is 71.5 Å². The van der Waals surface area contributed by atoms with Gasteiger partial charge in [0.2, 0.25) is 0 Å². The first-order chi connectivity index (χ1) is 23.2. The van der Waals surface area contributed by atoms with E-state index >= 15 is 0 Å². The number of likely N-dealkylation sites (N-methyl/N-ethyl adjacent to an activating group) is 1. The zero-order valence-electron chi connectivity index (χ0n) is 27.6. The molecule has 0 bridgehead atoms. The summed E-state index contributed by atoms with van der Waals surface area (Å²) in [6, 6.07) is 14.4. The van der Waals surface area contributed by atoms with Crippen molar-refractivity contribution < 1.29 is 49.4 Å². The molecular weight excluding hydrogens is 654 g/mol. The molecule has 3 aromatic rings. The summed E-state index contributed by atoms with van der Waals surface area (Å²) in [5, 5.41) is 61.4. The summed E-state index contributed by atoms with van der Waals surface area (Å²) >= 11 is 0. The summed E-state index contributed by atoms with van der Waals surface area (Å²) in [5.41, 5.74) is 0.969. The quantitative estimate of drug-likeness (QED) is 0.147. The van der Waals surface area contributed by atoms with Crippen LogP contribution in [-0.2, 0) is 31.2 Å². The Morgan fingerprint density at radius 1 is 1.08 bits per heavy atom. The highest BCUT2D eigenvalue weighted by Crippen LogP contribution is 2.59. The fourth-order valence-corrected chi connectivity index (χ4v) is 10.3. The molecule has 1 unspecified atom stereocenters. The zero-order chi connectivity index (χ0) is 35.4. The van der Waals surface area contributed by atoms with Gasteiger partial charge in [-0.05, 0) is 43.3 Å². The van der Waals surface area contributed by atoms with Gasteiger partial charge in [0.05, 0.1) is 30.0 Å². The van der Waals surface area contributed by atoms with Crippen LogP contribution in [-0.4, -0.2) is 116 Å². The Bertz CT molecular complexity index is 1690. The first-order valence-corrected chi connectivity index (χ1v) is 19.3. The van der Waals surface area contributed by atoms with Crippen LogP contribution in [0.1, 0.15) is 36.1 Å². The molecule has 2 fully saturated rings. The SMILES string of the molecule is C[C@@H]1[C@@H]([Si](C)(C)O)[C@H](CCn2cc(C(CO)c3ccccc3)nn2)O[C@@]12C(=O)N(C)c1ccc(NC(=O)[C@H]3O[C@@H](O)[C@H](O)[C@@H](O)[C@@H]3O)cc12. The Labute approximate surface area is 283 Å². The fraction of sp³-hybridized carbons (Fsp3) is 0.515. The average molecular weight is 698 g/mol. The second-order valence-electron chi connectivity index (χ2n) is 13.7. The maximum absolute atomic E-state index is 14.1. The smallest absolute Gasteiger partial charge is 0.264 e. The molecule has 2 amide bonds. The molecule has 1 aromatic heterocycles. The van der Waals surface area contributed by atoms with Crippen LogP contribution in [0.25, 0.3) is 0 Å². The van der Waals surface area contributed by atoms with Crippen molar-refractivity contribution in [1.82, 2.24) is 15.0 Å². The Kier molecular flexibility index (Phi) is 9.55. The third kappa shape index (κ3) is 6.10. The van der Waals surface area contributed by atoms with Crippen molar-refractivity contribution >= 4 is 31.5 Å². The minimum Gasteiger partial charge on any atom is -0.432 e. The molecule has 6 rings (SSSR count). The number of anilines is 2. The lowest BCUT2D eigenvalue weighted by Gasteiger charge is -2.37. The Balaban J connectivity index is 1.25. The van der Waals surface area contributed by atoms with Gasteiger partial charge >= 0.3 is 0 Å². The van der Waals surface area contributed by atoms with Crippen molar-refractivity contribution in [2.24, 2.45) is 5.92 Å². The molecule has 49 heavy (non-hydrogen) atoms. The fourth-order valence-electron chi connectivity index (χ4n) is 7.72. The number of aromatic nitrogens is 3. The topological polar surface area (TPSA) is 220 Å². The average Bonchev–Trinajstić information content (AvgIpc) is 3.72. The van der Waals surface area contributed by atoms with Gasteiger partial charge in [-0.2, -0.15) is 0 Å². The number of aryl methyl sites for hydroxylation is 1. The molecule has 16 heteroatoms. The molecule has 2 aromatic carbocycles. The molecule has 0 saturated carbocycles. The summed E-state index contributed by atoms with van der Waals surface area (Å²) < 4.78 is 13.5. The minimum absolute atomic E-state index is 0.139. The third-order valence-electron chi connectivity index (χ3n) is 10.2. The largest absolute Gasteiger partial charge is 0.432 e. The minimum atomic E-state index is -2.96. The maximum Gasteiger partial charge on any atom is 0.264 e. The monoisotopic (exact) mass is 697 g/mol. The molecule has 3 aliphatic heterocycles. The van der Waals surface area contributed by atoms with Gasteiger partial charge < -0.3 is 50.0 Å². The number of rotatable bonds is 9. The number of amides is 2. The molecule has 7 N–H and O–H groups in total. The van der Waals surface area contributed by atoms with E-state index in [0.717, 1.165) is 5.56 Å². The molecule has 1 spiro atoms. The van der Waals surface area contributed by atoms with Crippen molar-refractivity contribution in [3.63, 3.8) is 0 Å². The standard InChI is InChI=1S/C33H43N5O10Si/c1-17-29(49(3,4)46)24(12-13-38-15-22(35-36-38)20(16-39)18-8-6-5-7-9-18)48-33(17)21-14-19(10-11-23(21)37(2)32(33)45)34-30(43)28-26(41)25(40)27(42)31(44)47-28/h5-11,14-15,17,20,24-29,31,39-42,44,46H,12-13,16H2,1-4H3,(H,34,43)/t17-,20?,24+,25+,26+,27-,28+,29-,31-,33+/m1/s1. The summed E-state index contributed by atoms with van der Waals surface area (Å²) in [6.07, 6.45) is -7.35. The van der Waals surface area contributed by atoms with E-state index in [4.69, 9.17) is 9.47 Å². The van der Waals surface area contributed by atoms with Gasteiger partial charge in [0.1, 0.15) is 18.3 Å². The zero-order valence-corrected chi connectivity index (χ0v) is 28.6. The molecule has 264 valence electrons. The molecule has 10 atom stereocenters. The summed E-state index contributed by atoms with van der Waals surface area (Å²) in [5.74, 6) is -2.01. The van der Waals surface area contributed by atoms with E-state index in [1.807, 2.05) is 50.3 Å². The number of nitrogens with zero attached hydrogens (tertiary/aromatic N) is 4.